The summed E-state index contributed by atoms with van der Waals surface area (Å²) in [4.78, 5) is 43.0. The van der Waals surface area contributed by atoms with Crippen LogP contribution < -0.4 is 16.6 Å². The Morgan fingerprint density at radius 1 is 1.35 bits per heavy atom. The van der Waals surface area contributed by atoms with Crippen LogP contribution in [-0.2, 0) is 16.1 Å². The Balaban J connectivity index is 1.71. The summed E-state index contributed by atoms with van der Waals surface area (Å²) in [6.45, 7) is 2.90. The van der Waals surface area contributed by atoms with Gasteiger partial charge >= 0.3 is 0 Å². The van der Waals surface area contributed by atoms with E-state index in [4.69, 9.17) is 5.73 Å². The Kier molecular flexibility index (Phi) is 5.32. The number of hydrogen-bond acceptors (Lipinski definition) is 5. The molecule has 2 atom stereocenters. The van der Waals surface area contributed by atoms with E-state index in [1.54, 1.807) is 18.2 Å². The van der Waals surface area contributed by atoms with Gasteiger partial charge in [0, 0.05) is 32.1 Å². The van der Waals surface area contributed by atoms with Crippen molar-refractivity contribution >= 4 is 22.7 Å². The molecule has 2 amide bonds. The van der Waals surface area contributed by atoms with Crippen molar-refractivity contribution in [1.29, 1.82) is 0 Å². The predicted molar refractivity (Wildman–Crippen MR) is 97.4 cm³/mol. The maximum atomic E-state index is 12.6. The summed E-state index contributed by atoms with van der Waals surface area (Å²) in [6.07, 6.45) is 2.02. The number of amides is 2. The quantitative estimate of drug-likeness (QED) is 0.773. The maximum Gasteiger partial charge on any atom is 0.261 e. The molecule has 1 aliphatic rings. The van der Waals surface area contributed by atoms with E-state index in [0.29, 0.717) is 30.4 Å². The van der Waals surface area contributed by atoms with Gasteiger partial charge in [-0.05, 0) is 25.5 Å². The fourth-order valence-electron chi connectivity index (χ4n) is 3.31. The van der Waals surface area contributed by atoms with Gasteiger partial charge in [0.15, 0.2) is 0 Å². The second kappa shape index (κ2) is 7.65. The largest absolute Gasteiger partial charge is 0.355 e. The maximum absolute atomic E-state index is 12.6. The topological polar surface area (TPSA) is 110 Å². The third-order valence-electron chi connectivity index (χ3n) is 4.61. The Labute approximate surface area is 151 Å². The van der Waals surface area contributed by atoms with Crippen molar-refractivity contribution in [1.82, 2.24) is 19.8 Å². The number of aromatic nitrogens is 2. The van der Waals surface area contributed by atoms with Crippen LogP contribution in [-0.4, -0.2) is 51.4 Å². The molecule has 1 aromatic carbocycles. The number of benzene rings is 1. The first-order valence-corrected chi connectivity index (χ1v) is 8.78. The van der Waals surface area contributed by atoms with Gasteiger partial charge in [-0.3, -0.25) is 19.0 Å². The molecule has 3 rings (SSSR count). The molecule has 138 valence electrons. The zero-order valence-electron chi connectivity index (χ0n) is 14.7. The van der Waals surface area contributed by atoms with E-state index in [1.165, 1.54) is 15.8 Å². The molecule has 3 N–H and O–H groups in total. The summed E-state index contributed by atoms with van der Waals surface area (Å²) in [6, 6.07) is 6.34. The molecule has 26 heavy (non-hydrogen) atoms. The van der Waals surface area contributed by atoms with Crippen LogP contribution in [0.15, 0.2) is 35.4 Å². The van der Waals surface area contributed by atoms with Gasteiger partial charge in [-0.2, -0.15) is 0 Å². The van der Waals surface area contributed by atoms with Crippen molar-refractivity contribution in [2.75, 3.05) is 13.1 Å². The number of para-hydroxylation sites is 1. The monoisotopic (exact) mass is 357 g/mol. The number of carbonyl (C=O) groups excluding carboxylic acids is 2. The lowest BCUT2D eigenvalue weighted by molar-refractivity contribution is -0.138. The van der Waals surface area contributed by atoms with Crippen molar-refractivity contribution in [3.05, 3.63) is 40.9 Å². The van der Waals surface area contributed by atoms with Crippen molar-refractivity contribution in [2.24, 2.45) is 5.73 Å². The van der Waals surface area contributed by atoms with Gasteiger partial charge in [0.25, 0.3) is 5.56 Å². The summed E-state index contributed by atoms with van der Waals surface area (Å²) in [5.41, 5.74) is 6.39. The Bertz CT molecular complexity index is 879. The average Bonchev–Trinajstić information content (AvgIpc) is 3.03. The van der Waals surface area contributed by atoms with Crippen LogP contribution in [0.2, 0.25) is 0 Å². The van der Waals surface area contributed by atoms with Gasteiger partial charge in [-0.1, -0.05) is 12.1 Å². The highest BCUT2D eigenvalue weighted by atomic mass is 16.2. The van der Waals surface area contributed by atoms with Gasteiger partial charge < -0.3 is 16.0 Å². The molecule has 1 aliphatic heterocycles. The van der Waals surface area contributed by atoms with Crippen molar-refractivity contribution in [2.45, 2.75) is 38.4 Å². The fraction of sp³-hybridized carbons (Fsp3) is 0.444. The molecule has 0 spiro atoms. The molecular weight excluding hydrogens is 334 g/mol. The summed E-state index contributed by atoms with van der Waals surface area (Å²) in [7, 11) is 0. The first-order valence-electron chi connectivity index (χ1n) is 8.78. The van der Waals surface area contributed by atoms with E-state index in [2.05, 4.69) is 10.3 Å². The predicted octanol–water partition coefficient (Wildman–Crippen LogP) is -0.149. The lowest BCUT2D eigenvalue weighted by Crippen LogP contribution is -2.46. The summed E-state index contributed by atoms with van der Waals surface area (Å²) < 4.78 is 1.43. The number of carbonyl (C=O) groups is 2. The van der Waals surface area contributed by atoms with Crippen LogP contribution in [0.1, 0.15) is 19.8 Å². The molecule has 0 aliphatic carbocycles. The molecule has 8 heteroatoms. The Morgan fingerprint density at radius 2 is 2.12 bits per heavy atom. The normalized spacial score (nSPS) is 19.7. The van der Waals surface area contributed by atoms with Gasteiger partial charge in [0.05, 0.1) is 17.2 Å². The average molecular weight is 357 g/mol. The minimum absolute atomic E-state index is 0.114. The number of fused-ring (bicyclic) bond motifs is 1. The lowest BCUT2D eigenvalue weighted by Gasteiger charge is -2.23. The van der Waals surface area contributed by atoms with Crippen LogP contribution in [0, 0.1) is 0 Å². The number of likely N-dealkylation sites (N-methyl/N-ethyl adjacent to an activating group) is 1. The van der Waals surface area contributed by atoms with Crippen LogP contribution in [0.5, 0.6) is 0 Å². The standard InChI is InChI=1S/C18H23N5O3/c1-2-20-17(25)15-9-12(19)10-23(15)16(24)7-8-22-11-21-14-6-4-3-5-13(14)18(22)26/h3-6,11-12,15H,2,7-10,19H2,1H3,(H,20,25)/t12-,15+/m1/s1. The minimum Gasteiger partial charge on any atom is -0.355 e. The summed E-state index contributed by atoms with van der Waals surface area (Å²) in [5, 5.41) is 3.26. The smallest absolute Gasteiger partial charge is 0.261 e. The molecule has 1 aromatic heterocycles. The number of aryl methyl sites for hydroxylation is 1. The molecule has 1 fully saturated rings. The van der Waals surface area contributed by atoms with Crippen LogP contribution >= 0.6 is 0 Å². The molecule has 2 aromatic rings. The molecule has 2 heterocycles. The van der Waals surface area contributed by atoms with Crippen LogP contribution in [0.3, 0.4) is 0 Å². The number of likely N-dealkylation sites (tertiary alicyclic amines) is 1. The first kappa shape index (κ1) is 18.1. The first-order chi connectivity index (χ1) is 12.5. The number of nitrogens with zero attached hydrogens (tertiary/aromatic N) is 3. The second-order valence-corrected chi connectivity index (χ2v) is 6.46. The minimum atomic E-state index is -0.538. The zero-order valence-corrected chi connectivity index (χ0v) is 14.7. The number of nitrogens with one attached hydrogen (secondary N) is 1. The van der Waals surface area contributed by atoms with E-state index in [1.807, 2.05) is 13.0 Å². The van der Waals surface area contributed by atoms with E-state index in [9.17, 15) is 14.4 Å². The Hall–Kier alpha value is -2.74. The van der Waals surface area contributed by atoms with Crippen molar-refractivity contribution < 1.29 is 9.59 Å². The van der Waals surface area contributed by atoms with Crippen LogP contribution in [0.25, 0.3) is 10.9 Å². The zero-order chi connectivity index (χ0) is 18.7. The van der Waals surface area contributed by atoms with Crippen LogP contribution in [0.4, 0.5) is 0 Å². The molecule has 0 saturated carbocycles. The molecule has 8 nitrogen and oxygen atoms in total. The van der Waals surface area contributed by atoms with E-state index >= 15 is 0 Å². The van der Waals surface area contributed by atoms with Gasteiger partial charge in [-0.15, -0.1) is 0 Å². The van der Waals surface area contributed by atoms with E-state index < -0.39 is 6.04 Å². The van der Waals surface area contributed by atoms with Gasteiger partial charge in [0.1, 0.15) is 6.04 Å². The van der Waals surface area contributed by atoms with E-state index in [0.717, 1.165) is 0 Å². The molecular formula is C18H23N5O3. The molecule has 0 bridgehead atoms. The molecule has 0 unspecified atom stereocenters. The van der Waals surface area contributed by atoms with Gasteiger partial charge in [0.2, 0.25) is 11.8 Å². The summed E-state index contributed by atoms with van der Waals surface area (Å²) in [5.74, 6) is -0.368. The van der Waals surface area contributed by atoms with E-state index in [-0.39, 0.29) is 36.4 Å². The fourth-order valence-corrected chi connectivity index (χ4v) is 3.31. The van der Waals surface area contributed by atoms with Crippen molar-refractivity contribution in [3.63, 3.8) is 0 Å². The highest BCUT2D eigenvalue weighted by Gasteiger charge is 2.37. The molecule has 1 saturated heterocycles. The lowest BCUT2D eigenvalue weighted by atomic mass is 10.1. The number of rotatable bonds is 5. The SMILES string of the molecule is CCNC(=O)[C@@H]1C[C@@H](N)CN1C(=O)CCn1cnc2ccccc2c1=O. The number of nitrogens with two attached hydrogens (primary N) is 1. The third kappa shape index (κ3) is 3.60. The summed E-state index contributed by atoms with van der Waals surface area (Å²) >= 11 is 0. The van der Waals surface area contributed by atoms with Crippen molar-refractivity contribution in [3.8, 4) is 0 Å². The highest BCUT2D eigenvalue weighted by molar-refractivity contribution is 5.88. The number of hydrogen-bond donors (Lipinski definition) is 2. The van der Waals surface area contributed by atoms with Gasteiger partial charge in [-0.25, -0.2) is 4.98 Å². The second-order valence-electron chi connectivity index (χ2n) is 6.46. The highest BCUT2D eigenvalue weighted by Crippen LogP contribution is 2.18. The molecule has 0 radical (unpaired) electrons. The third-order valence-corrected chi connectivity index (χ3v) is 4.61. The Morgan fingerprint density at radius 3 is 2.88 bits per heavy atom.